The van der Waals surface area contributed by atoms with Crippen LogP contribution in [0.5, 0.6) is 5.75 Å². The van der Waals surface area contributed by atoms with Gasteiger partial charge < -0.3 is 15.2 Å². The molecule has 0 saturated carbocycles. The normalized spacial score (nSPS) is 11.2. The van der Waals surface area contributed by atoms with Crippen LogP contribution in [-0.4, -0.2) is 13.1 Å². The second-order valence-corrected chi connectivity index (χ2v) is 4.46. The van der Waals surface area contributed by atoms with E-state index in [0.717, 1.165) is 5.56 Å². The zero-order chi connectivity index (χ0) is 15.2. The molecular formula is C16H17ClFNO3. The zero-order valence-electron chi connectivity index (χ0n) is 12.0. The Bertz CT molecular complexity index is 622. The minimum Gasteiger partial charge on any atom is -0.489 e. The Morgan fingerprint density at radius 1 is 1.23 bits per heavy atom. The van der Waals surface area contributed by atoms with Crippen molar-refractivity contribution in [2.75, 3.05) is 7.11 Å². The Kier molecular flexibility index (Phi) is 6.82. The summed E-state index contributed by atoms with van der Waals surface area (Å²) in [7, 11) is 1.23. The van der Waals surface area contributed by atoms with Gasteiger partial charge in [0.1, 0.15) is 24.2 Å². The Labute approximate surface area is 134 Å². The van der Waals surface area contributed by atoms with Crippen molar-refractivity contribution in [1.82, 2.24) is 0 Å². The van der Waals surface area contributed by atoms with Crippen LogP contribution in [0, 0.1) is 5.82 Å². The third-order valence-electron chi connectivity index (χ3n) is 3.00. The minimum absolute atomic E-state index is 0. The van der Waals surface area contributed by atoms with Crippen LogP contribution in [0.1, 0.15) is 17.2 Å². The van der Waals surface area contributed by atoms with Crippen LogP contribution >= 0.6 is 12.4 Å². The maximum atomic E-state index is 13.4. The Balaban J connectivity index is 0.00000242. The molecule has 0 radical (unpaired) electrons. The number of carbonyl (C=O) groups is 1. The molecule has 0 aliphatic carbocycles. The van der Waals surface area contributed by atoms with Crippen LogP contribution in [-0.2, 0) is 16.1 Å². The van der Waals surface area contributed by atoms with E-state index >= 15 is 0 Å². The summed E-state index contributed by atoms with van der Waals surface area (Å²) < 4.78 is 23.6. The van der Waals surface area contributed by atoms with Crippen molar-refractivity contribution < 1.29 is 18.7 Å². The number of benzene rings is 2. The van der Waals surface area contributed by atoms with Crippen LogP contribution in [0.15, 0.2) is 48.5 Å². The van der Waals surface area contributed by atoms with Crippen molar-refractivity contribution in [2.24, 2.45) is 5.73 Å². The number of nitrogens with two attached hydrogens (primary N) is 1. The van der Waals surface area contributed by atoms with Crippen LogP contribution in [0.4, 0.5) is 4.39 Å². The first-order chi connectivity index (χ1) is 10.1. The molecule has 6 heteroatoms. The summed E-state index contributed by atoms with van der Waals surface area (Å²) in [5, 5.41) is 0. The van der Waals surface area contributed by atoms with Gasteiger partial charge in [-0.05, 0) is 23.8 Å². The van der Waals surface area contributed by atoms with E-state index in [1.54, 1.807) is 0 Å². The van der Waals surface area contributed by atoms with E-state index in [9.17, 15) is 9.18 Å². The minimum atomic E-state index is -1.09. The van der Waals surface area contributed by atoms with Crippen LogP contribution in [0.3, 0.4) is 0 Å². The van der Waals surface area contributed by atoms with Gasteiger partial charge in [-0.3, -0.25) is 4.79 Å². The van der Waals surface area contributed by atoms with E-state index in [1.807, 2.05) is 30.3 Å². The summed E-state index contributed by atoms with van der Waals surface area (Å²) in [5.74, 6) is -0.778. The molecule has 1 unspecified atom stereocenters. The van der Waals surface area contributed by atoms with E-state index in [1.165, 1.54) is 25.3 Å². The number of esters is 1. The average molecular weight is 326 g/mol. The molecule has 1 atom stereocenters. The van der Waals surface area contributed by atoms with E-state index in [0.29, 0.717) is 12.4 Å². The van der Waals surface area contributed by atoms with Gasteiger partial charge in [0.15, 0.2) is 0 Å². The van der Waals surface area contributed by atoms with Crippen LogP contribution in [0.25, 0.3) is 0 Å². The van der Waals surface area contributed by atoms with Gasteiger partial charge in [-0.15, -0.1) is 12.4 Å². The molecule has 0 amide bonds. The lowest BCUT2D eigenvalue weighted by Crippen LogP contribution is -2.23. The van der Waals surface area contributed by atoms with Crippen molar-refractivity contribution in [3.63, 3.8) is 0 Å². The quantitative estimate of drug-likeness (QED) is 0.858. The third-order valence-corrected chi connectivity index (χ3v) is 3.00. The molecule has 22 heavy (non-hydrogen) atoms. The largest absolute Gasteiger partial charge is 0.489 e. The predicted octanol–water partition coefficient (Wildman–Crippen LogP) is 3.00. The lowest BCUT2D eigenvalue weighted by atomic mass is 10.1. The molecule has 0 aromatic heterocycles. The van der Waals surface area contributed by atoms with Crippen molar-refractivity contribution in [3.8, 4) is 5.75 Å². The number of ether oxygens (including phenoxy) is 2. The Hall–Kier alpha value is -2.11. The van der Waals surface area contributed by atoms with Crippen molar-refractivity contribution in [1.29, 1.82) is 0 Å². The molecule has 0 saturated heterocycles. The first-order valence-corrected chi connectivity index (χ1v) is 6.41. The monoisotopic (exact) mass is 325 g/mol. The SMILES string of the molecule is COC(=O)C(N)c1cc(F)ccc1OCc1ccccc1.Cl. The summed E-state index contributed by atoms with van der Waals surface area (Å²) in [6, 6.07) is 12.3. The molecule has 2 rings (SSSR count). The van der Waals surface area contributed by atoms with Crippen LogP contribution in [0.2, 0.25) is 0 Å². The molecule has 0 bridgehead atoms. The van der Waals surface area contributed by atoms with Crippen molar-refractivity contribution in [2.45, 2.75) is 12.6 Å². The van der Waals surface area contributed by atoms with Crippen LogP contribution < -0.4 is 10.5 Å². The molecule has 0 spiro atoms. The smallest absolute Gasteiger partial charge is 0.327 e. The number of hydrogen-bond donors (Lipinski definition) is 1. The summed E-state index contributed by atoms with van der Waals surface area (Å²) in [5.41, 5.74) is 6.99. The van der Waals surface area contributed by atoms with Gasteiger partial charge >= 0.3 is 5.97 Å². The maximum absolute atomic E-state index is 13.4. The first kappa shape index (κ1) is 17.9. The molecule has 0 aliphatic heterocycles. The maximum Gasteiger partial charge on any atom is 0.327 e. The van der Waals surface area contributed by atoms with Gasteiger partial charge in [0.25, 0.3) is 0 Å². The highest BCUT2D eigenvalue weighted by atomic mass is 35.5. The van der Waals surface area contributed by atoms with Gasteiger partial charge in [0, 0.05) is 5.56 Å². The van der Waals surface area contributed by atoms with Gasteiger partial charge in [-0.2, -0.15) is 0 Å². The number of methoxy groups -OCH3 is 1. The van der Waals surface area contributed by atoms with Crippen molar-refractivity contribution >= 4 is 18.4 Å². The molecule has 2 N–H and O–H groups in total. The highest BCUT2D eigenvalue weighted by Crippen LogP contribution is 2.26. The summed E-state index contributed by atoms with van der Waals surface area (Å²) in [6.45, 7) is 0.299. The number of rotatable bonds is 5. The molecule has 2 aromatic carbocycles. The standard InChI is InChI=1S/C16H16FNO3.ClH/c1-20-16(19)15(18)13-9-12(17)7-8-14(13)21-10-11-5-3-2-4-6-11;/h2-9,15H,10,18H2,1H3;1H. The van der Waals surface area contributed by atoms with E-state index in [2.05, 4.69) is 4.74 Å². The fourth-order valence-corrected chi connectivity index (χ4v) is 1.88. The first-order valence-electron chi connectivity index (χ1n) is 6.41. The number of carbonyl (C=O) groups excluding carboxylic acids is 1. The molecule has 0 aliphatic rings. The zero-order valence-corrected chi connectivity index (χ0v) is 12.8. The third kappa shape index (κ3) is 4.44. The molecular weight excluding hydrogens is 309 g/mol. The second-order valence-electron chi connectivity index (χ2n) is 4.46. The highest BCUT2D eigenvalue weighted by molar-refractivity contribution is 5.85. The van der Waals surface area contributed by atoms with Gasteiger partial charge in [0.05, 0.1) is 7.11 Å². The highest BCUT2D eigenvalue weighted by Gasteiger charge is 2.21. The lowest BCUT2D eigenvalue weighted by molar-refractivity contribution is -0.142. The summed E-state index contributed by atoms with van der Waals surface area (Å²) in [4.78, 5) is 11.5. The number of halogens is 2. The Morgan fingerprint density at radius 2 is 1.91 bits per heavy atom. The summed E-state index contributed by atoms with van der Waals surface area (Å²) >= 11 is 0. The molecule has 118 valence electrons. The molecule has 0 fully saturated rings. The van der Waals surface area contributed by atoms with E-state index in [4.69, 9.17) is 10.5 Å². The molecule has 4 nitrogen and oxygen atoms in total. The fraction of sp³-hybridized carbons (Fsp3) is 0.188. The lowest BCUT2D eigenvalue weighted by Gasteiger charge is -2.15. The van der Waals surface area contributed by atoms with Gasteiger partial charge in [0.2, 0.25) is 0 Å². The Morgan fingerprint density at radius 3 is 2.55 bits per heavy atom. The van der Waals surface area contributed by atoms with E-state index < -0.39 is 17.8 Å². The van der Waals surface area contributed by atoms with Gasteiger partial charge in [-0.1, -0.05) is 30.3 Å². The molecule has 2 aromatic rings. The fourth-order valence-electron chi connectivity index (χ4n) is 1.88. The number of hydrogen-bond acceptors (Lipinski definition) is 4. The van der Waals surface area contributed by atoms with Crippen molar-refractivity contribution in [3.05, 3.63) is 65.5 Å². The predicted molar refractivity (Wildman–Crippen MR) is 83.4 cm³/mol. The van der Waals surface area contributed by atoms with E-state index in [-0.39, 0.29) is 18.0 Å². The molecule has 0 heterocycles. The topological polar surface area (TPSA) is 61.5 Å². The summed E-state index contributed by atoms with van der Waals surface area (Å²) in [6.07, 6.45) is 0. The van der Waals surface area contributed by atoms with Gasteiger partial charge in [-0.25, -0.2) is 4.39 Å². The average Bonchev–Trinajstić information content (AvgIpc) is 2.53. The second kappa shape index (κ2) is 8.36.